The van der Waals surface area contributed by atoms with Crippen molar-refractivity contribution in [3.8, 4) is 22.3 Å². The number of nitrogens with zero attached hydrogens (tertiary/aromatic N) is 1. The third-order valence-corrected chi connectivity index (χ3v) is 7.30. The van der Waals surface area contributed by atoms with E-state index in [4.69, 9.17) is 0 Å². The van der Waals surface area contributed by atoms with Gasteiger partial charge in [0.25, 0.3) is 0 Å². The van der Waals surface area contributed by atoms with E-state index in [1.165, 1.54) is 60.1 Å². The van der Waals surface area contributed by atoms with Gasteiger partial charge in [0.15, 0.2) is 0 Å². The molecule has 1 heteroatoms. The highest BCUT2D eigenvalue weighted by Crippen LogP contribution is 2.53. The van der Waals surface area contributed by atoms with Crippen molar-refractivity contribution >= 4 is 32.3 Å². The van der Waals surface area contributed by atoms with Crippen molar-refractivity contribution in [1.82, 2.24) is 4.98 Å². The molecule has 0 radical (unpaired) electrons. The Morgan fingerprint density at radius 2 is 1.42 bits per heavy atom. The molecule has 0 amide bonds. The Kier molecular flexibility index (Phi) is 3.13. The lowest BCUT2D eigenvalue weighted by Gasteiger charge is -2.23. The molecule has 0 N–H and O–H groups in total. The molecular formula is C30H21N. The molecule has 146 valence electrons. The van der Waals surface area contributed by atoms with Crippen molar-refractivity contribution in [3.63, 3.8) is 0 Å². The molecule has 1 aliphatic carbocycles. The van der Waals surface area contributed by atoms with E-state index in [1.807, 2.05) is 18.5 Å². The quantitative estimate of drug-likeness (QED) is 0.257. The van der Waals surface area contributed by atoms with Crippen LogP contribution in [0.25, 0.3) is 54.6 Å². The number of hydrogen-bond donors (Lipinski definition) is 0. The van der Waals surface area contributed by atoms with Crippen LogP contribution >= 0.6 is 0 Å². The Hall–Kier alpha value is -3.71. The molecule has 6 aromatic rings. The van der Waals surface area contributed by atoms with Crippen LogP contribution in [0, 0.1) is 0 Å². The van der Waals surface area contributed by atoms with Gasteiger partial charge in [-0.3, -0.25) is 4.98 Å². The second-order valence-corrected chi connectivity index (χ2v) is 9.25. The predicted octanol–water partition coefficient (Wildman–Crippen LogP) is 7.95. The van der Waals surface area contributed by atoms with Crippen LogP contribution in [0.3, 0.4) is 0 Å². The normalized spacial score (nSPS) is 14.4. The number of benzene rings is 5. The first-order valence-electron chi connectivity index (χ1n) is 10.9. The predicted molar refractivity (Wildman–Crippen MR) is 131 cm³/mol. The lowest BCUT2D eigenvalue weighted by atomic mass is 9.80. The van der Waals surface area contributed by atoms with E-state index in [0.717, 1.165) is 5.56 Å². The molecule has 0 fully saturated rings. The maximum Gasteiger partial charge on any atom is 0.0346 e. The van der Waals surface area contributed by atoms with Gasteiger partial charge in [-0.1, -0.05) is 80.6 Å². The van der Waals surface area contributed by atoms with Gasteiger partial charge in [-0.25, -0.2) is 0 Å². The van der Waals surface area contributed by atoms with E-state index in [-0.39, 0.29) is 5.41 Å². The summed E-state index contributed by atoms with van der Waals surface area (Å²) in [5.41, 5.74) is 8.08. The Balaban J connectivity index is 1.68. The first-order valence-corrected chi connectivity index (χ1v) is 10.9. The van der Waals surface area contributed by atoms with Crippen LogP contribution in [0.5, 0.6) is 0 Å². The summed E-state index contributed by atoms with van der Waals surface area (Å²) in [6.45, 7) is 4.71. The Bertz CT molecular complexity index is 1640. The number of hydrogen-bond acceptors (Lipinski definition) is 1. The summed E-state index contributed by atoms with van der Waals surface area (Å²) in [6, 6.07) is 29.3. The van der Waals surface area contributed by atoms with Crippen molar-refractivity contribution < 1.29 is 0 Å². The largest absolute Gasteiger partial charge is 0.264 e. The molecule has 5 aromatic carbocycles. The van der Waals surface area contributed by atoms with Crippen molar-refractivity contribution in [2.24, 2.45) is 0 Å². The highest BCUT2D eigenvalue weighted by atomic mass is 14.6. The van der Waals surface area contributed by atoms with Crippen LogP contribution in [0.1, 0.15) is 25.0 Å². The lowest BCUT2D eigenvalue weighted by Crippen LogP contribution is -2.14. The fourth-order valence-corrected chi connectivity index (χ4v) is 5.82. The Labute approximate surface area is 181 Å². The van der Waals surface area contributed by atoms with Gasteiger partial charge >= 0.3 is 0 Å². The van der Waals surface area contributed by atoms with Gasteiger partial charge < -0.3 is 0 Å². The van der Waals surface area contributed by atoms with E-state index >= 15 is 0 Å². The maximum absolute atomic E-state index is 4.36. The monoisotopic (exact) mass is 395 g/mol. The molecule has 0 spiro atoms. The molecule has 1 aromatic heterocycles. The third kappa shape index (κ3) is 2.08. The smallest absolute Gasteiger partial charge is 0.0346 e. The topological polar surface area (TPSA) is 12.9 Å². The van der Waals surface area contributed by atoms with E-state index < -0.39 is 0 Å². The number of rotatable bonds is 1. The van der Waals surface area contributed by atoms with Gasteiger partial charge in [0, 0.05) is 23.4 Å². The highest BCUT2D eigenvalue weighted by molar-refractivity contribution is 6.28. The molecular weight excluding hydrogens is 374 g/mol. The average Bonchev–Trinajstić information content (AvgIpc) is 3.04. The highest BCUT2D eigenvalue weighted by Gasteiger charge is 2.36. The zero-order valence-electron chi connectivity index (χ0n) is 17.6. The van der Waals surface area contributed by atoms with E-state index in [1.54, 1.807) is 0 Å². The van der Waals surface area contributed by atoms with Crippen LogP contribution in [0.2, 0.25) is 0 Å². The SMILES string of the molecule is CC1(C)c2ccccc2-c2c1cc1ccc3c(-c4cccnc4)ccc4ccc2c1c43. The zero-order chi connectivity index (χ0) is 20.7. The first-order chi connectivity index (χ1) is 15.1. The molecule has 0 atom stereocenters. The van der Waals surface area contributed by atoms with Crippen molar-refractivity contribution in [2.45, 2.75) is 19.3 Å². The van der Waals surface area contributed by atoms with Crippen LogP contribution in [-0.4, -0.2) is 4.98 Å². The van der Waals surface area contributed by atoms with Gasteiger partial charge in [-0.15, -0.1) is 0 Å². The second-order valence-electron chi connectivity index (χ2n) is 9.25. The lowest BCUT2D eigenvalue weighted by molar-refractivity contribution is 0.661. The molecule has 1 heterocycles. The fraction of sp³-hybridized carbons (Fsp3) is 0.100. The number of aromatic nitrogens is 1. The van der Waals surface area contributed by atoms with E-state index in [2.05, 4.69) is 91.6 Å². The van der Waals surface area contributed by atoms with E-state index in [9.17, 15) is 0 Å². The van der Waals surface area contributed by atoms with Gasteiger partial charge in [0.05, 0.1) is 0 Å². The summed E-state index contributed by atoms with van der Waals surface area (Å²) in [7, 11) is 0. The van der Waals surface area contributed by atoms with Crippen LogP contribution in [0.4, 0.5) is 0 Å². The third-order valence-electron chi connectivity index (χ3n) is 7.30. The molecule has 0 unspecified atom stereocenters. The zero-order valence-corrected chi connectivity index (χ0v) is 17.6. The van der Waals surface area contributed by atoms with Crippen LogP contribution in [-0.2, 0) is 5.41 Å². The molecule has 31 heavy (non-hydrogen) atoms. The summed E-state index contributed by atoms with van der Waals surface area (Å²) in [5.74, 6) is 0. The second kappa shape index (κ2) is 5.70. The summed E-state index contributed by atoms with van der Waals surface area (Å²) in [5, 5.41) is 8.04. The molecule has 0 bridgehead atoms. The van der Waals surface area contributed by atoms with Crippen molar-refractivity contribution in [2.75, 3.05) is 0 Å². The molecule has 1 aliphatic rings. The molecule has 0 saturated carbocycles. The molecule has 0 aliphatic heterocycles. The number of fused-ring (bicyclic) bond motifs is 4. The summed E-state index contributed by atoms with van der Waals surface area (Å²) >= 11 is 0. The van der Waals surface area contributed by atoms with Crippen molar-refractivity contribution in [3.05, 3.63) is 102 Å². The fourth-order valence-electron chi connectivity index (χ4n) is 5.82. The van der Waals surface area contributed by atoms with E-state index in [0.29, 0.717) is 0 Å². The average molecular weight is 396 g/mol. The summed E-state index contributed by atoms with van der Waals surface area (Å²) in [6.07, 6.45) is 3.80. The molecule has 1 nitrogen and oxygen atoms in total. The maximum atomic E-state index is 4.36. The Morgan fingerprint density at radius 1 is 0.645 bits per heavy atom. The van der Waals surface area contributed by atoms with Gasteiger partial charge in [0.1, 0.15) is 0 Å². The summed E-state index contributed by atoms with van der Waals surface area (Å²) in [4.78, 5) is 4.36. The van der Waals surface area contributed by atoms with Crippen LogP contribution < -0.4 is 0 Å². The minimum absolute atomic E-state index is 0.0112. The number of pyridine rings is 1. The first kappa shape index (κ1) is 17.0. The summed E-state index contributed by atoms with van der Waals surface area (Å²) < 4.78 is 0. The molecule has 7 rings (SSSR count). The standard InChI is InChI=1S/C30H21N/c1-30(2)25-8-4-3-7-23(25)29-24-14-10-18-9-12-21(20-6-5-15-31-17-20)22-13-11-19(16-26(29)30)28(24)27(18)22/h3-17H,1-2H3. The van der Waals surface area contributed by atoms with Gasteiger partial charge in [0.2, 0.25) is 0 Å². The minimum atomic E-state index is 0.0112. The Morgan fingerprint density at radius 3 is 2.29 bits per heavy atom. The molecule has 0 saturated heterocycles. The van der Waals surface area contributed by atoms with Crippen molar-refractivity contribution in [1.29, 1.82) is 0 Å². The minimum Gasteiger partial charge on any atom is -0.264 e. The van der Waals surface area contributed by atoms with Crippen LogP contribution in [0.15, 0.2) is 91.3 Å². The van der Waals surface area contributed by atoms with Gasteiger partial charge in [-0.05, 0) is 72.3 Å². The van der Waals surface area contributed by atoms with Gasteiger partial charge in [-0.2, -0.15) is 0 Å².